The molecule has 0 saturated carbocycles. The smallest absolute Gasteiger partial charge is 0.308 e. The molecule has 2 atom stereocenters. The molecule has 1 aromatic carbocycles. The second kappa shape index (κ2) is 7.53. The molecule has 104 valence electrons. The highest BCUT2D eigenvalue weighted by atomic mass is 16.5. The first-order chi connectivity index (χ1) is 9.02. The van der Waals surface area contributed by atoms with Crippen LogP contribution >= 0.6 is 0 Å². The lowest BCUT2D eigenvalue weighted by Crippen LogP contribution is -2.30. The zero-order valence-corrected chi connectivity index (χ0v) is 11.1. The minimum absolute atomic E-state index is 0.119. The Bertz CT molecular complexity index is 419. The molecular weight excluding hydrogens is 246 g/mol. The van der Waals surface area contributed by atoms with E-state index in [1.807, 2.05) is 37.3 Å². The van der Waals surface area contributed by atoms with E-state index in [0.717, 1.165) is 5.56 Å². The lowest BCUT2D eigenvalue weighted by molar-refractivity contribution is -0.143. The predicted octanol–water partition coefficient (Wildman–Crippen LogP) is 1.18. The van der Waals surface area contributed by atoms with E-state index in [2.05, 4.69) is 10.1 Å². The number of methoxy groups -OCH3 is 1. The molecule has 0 unspecified atom stereocenters. The van der Waals surface area contributed by atoms with Gasteiger partial charge in [-0.3, -0.25) is 9.59 Å². The molecule has 0 radical (unpaired) electrons. The van der Waals surface area contributed by atoms with Crippen LogP contribution in [0.15, 0.2) is 30.3 Å². The Hall–Kier alpha value is -1.88. The number of nitrogens with one attached hydrogen (secondary N) is 1. The number of carbonyl (C=O) groups is 2. The molecule has 19 heavy (non-hydrogen) atoms. The first kappa shape index (κ1) is 15.2. The van der Waals surface area contributed by atoms with Crippen LogP contribution in [0, 0.1) is 0 Å². The Morgan fingerprint density at radius 1 is 1.26 bits per heavy atom. The van der Waals surface area contributed by atoms with Crippen molar-refractivity contribution in [1.29, 1.82) is 0 Å². The molecule has 5 heteroatoms. The fraction of sp³-hybridized carbons (Fsp3) is 0.429. The third-order valence-electron chi connectivity index (χ3n) is 2.73. The zero-order valence-electron chi connectivity index (χ0n) is 11.1. The van der Waals surface area contributed by atoms with Crippen molar-refractivity contribution in [3.63, 3.8) is 0 Å². The summed E-state index contributed by atoms with van der Waals surface area (Å²) in [5.41, 5.74) is 0.985. The van der Waals surface area contributed by atoms with Crippen LogP contribution < -0.4 is 5.32 Å². The van der Waals surface area contributed by atoms with Gasteiger partial charge in [-0.25, -0.2) is 0 Å². The molecule has 0 spiro atoms. The van der Waals surface area contributed by atoms with E-state index in [0.29, 0.717) is 0 Å². The Balaban J connectivity index is 2.41. The van der Waals surface area contributed by atoms with E-state index in [1.165, 1.54) is 7.11 Å². The van der Waals surface area contributed by atoms with E-state index in [1.54, 1.807) is 0 Å². The lowest BCUT2D eigenvalue weighted by Gasteiger charge is -2.15. The molecule has 0 aliphatic carbocycles. The highest BCUT2D eigenvalue weighted by Crippen LogP contribution is 2.11. The minimum Gasteiger partial charge on any atom is -0.469 e. The number of esters is 1. The standard InChI is InChI=1S/C14H19NO4/c1-10(11-6-4-3-5-7-11)15-13(17)8-12(16)9-14(18)19-2/h3-7,10,12,16H,8-9H2,1-2H3,(H,15,17)/t10-,12+/m1/s1. The quantitative estimate of drug-likeness (QED) is 0.757. The molecule has 0 heterocycles. The maximum Gasteiger partial charge on any atom is 0.308 e. The van der Waals surface area contributed by atoms with Gasteiger partial charge in [-0.15, -0.1) is 0 Å². The Labute approximate surface area is 112 Å². The first-order valence-electron chi connectivity index (χ1n) is 6.12. The van der Waals surface area contributed by atoms with Gasteiger partial charge < -0.3 is 15.2 Å². The average molecular weight is 265 g/mol. The van der Waals surface area contributed by atoms with Crippen molar-refractivity contribution in [3.8, 4) is 0 Å². The molecular formula is C14H19NO4. The van der Waals surface area contributed by atoms with Crippen LogP contribution in [0.3, 0.4) is 0 Å². The Morgan fingerprint density at radius 3 is 2.47 bits per heavy atom. The summed E-state index contributed by atoms with van der Waals surface area (Å²) in [5.74, 6) is -0.829. The fourth-order valence-electron chi connectivity index (χ4n) is 1.69. The molecule has 0 aliphatic rings. The summed E-state index contributed by atoms with van der Waals surface area (Å²) in [7, 11) is 1.24. The van der Waals surface area contributed by atoms with Crippen molar-refractivity contribution in [1.82, 2.24) is 5.32 Å². The maximum atomic E-state index is 11.7. The summed E-state index contributed by atoms with van der Waals surface area (Å²) in [6.07, 6.45) is -1.31. The molecule has 2 N–H and O–H groups in total. The lowest BCUT2D eigenvalue weighted by atomic mass is 10.1. The van der Waals surface area contributed by atoms with Crippen LogP contribution in [-0.4, -0.2) is 30.2 Å². The van der Waals surface area contributed by atoms with Gasteiger partial charge in [0.2, 0.25) is 5.91 Å². The van der Waals surface area contributed by atoms with Crippen LogP contribution in [0.1, 0.15) is 31.4 Å². The summed E-state index contributed by atoms with van der Waals surface area (Å²) < 4.78 is 4.42. The van der Waals surface area contributed by atoms with Gasteiger partial charge in [0.25, 0.3) is 0 Å². The summed E-state index contributed by atoms with van der Waals surface area (Å²) >= 11 is 0. The Kier molecular flexibility index (Phi) is 6.02. The fourth-order valence-corrected chi connectivity index (χ4v) is 1.69. The molecule has 0 fully saturated rings. The largest absolute Gasteiger partial charge is 0.469 e. The van der Waals surface area contributed by atoms with Gasteiger partial charge in [0.15, 0.2) is 0 Å². The second-order valence-electron chi connectivity index (χ2n) is 4.34. The molecule has 0 saturated heterocycles. The van der Waals surface area contributed by atoms with Crippen molar-refractivity contribution in [2.45, 2.75) is 31.9 Å². The molecule has 1 amide bonds. The van der Waals surface area contributed by atoms with Crippen molar-refractivity contribution in [2.24, 2.45) is 0 Å². The van der Waals surface area contributed by atoms with Crippen LogP contribution in [0.4, 0.5) is 0 Å². The van der Waals surface area contributed by atoms with Gasteiger partial charge in [-0.1, -0.05) is 30.3 Å². The first-order valence-corrected chi connectivity index (χ1v) is 6.12. The summed E-state index contributed by atoms with van der Waals surface area (Å²) in [5, 5.41) is 12.3. The van der Waals surface area contributed by atoms with Crippen LogP contribution in [0.2, 0.25) is 0 Å². The number of ether oxygens (including phenoxy) is 1. The van der Waals surface area contributed by atoms with Crippen LogP contribution in [-0.2, 0) is 14.3 Å². The number of hydrogen-bond donors (Lipinski definition) is 2. The van der Waals surface area contributed by atoms with E-state index in [9.17, 15) is 14.7 Å². The van der Waals surface area contributed by atoms with Crippen LogP contribution in [0.5, 0.6) is 0 Å². The summed E-state index contributed by atoms with van der Waals surface area (Å²) in [4.78, 5) is 22.6. The third kappa shape index (κ3) is 5.52. The van der Waals surface area contributed by atoms with Crippen LogP contribution in [0.25, 0.3) is 0 Å². The summed E-state index contributed by atoms with van der Waals surface area (Å²) in [6.45, 7) is 1.86. The van der Waals surface area contributed by atoms with E-state index >= 15 is 0 Å². The minimum atomic E-state index is -1.02. The number of carbonyl (C=O) groups excluding carboxylic acids is 2. The van der Waals surface area contributed by atoms with Crippen molar-refractivity contribution >= 4 is 11.9 Å². The number of benzene rings is 1. The number of amides is 1. The molecule has 0 bridgehead atoms. The maximum absolute atomic E-state index is 11.7. The predicted molar refractivity (Wildman–Crippen MR) is 70.3 cm³/mol. The van der Waals surface area contributed by atoms with Gasteiger partial charge in [-0.2, -0.15) is 0 Å². The van der Waals surface area contributed by atoms with E-state index in [4.69, 9.17) is 0 Å². The van der Waals surface area contributed by atoms with E-state index in [-0.39, 0.29) is 24.8 Å². The number of aliphatic hydroxyl groups is 1. The molecule has 1 aromatic rings. The molecule has 0 aromatic heterocycles. The topological polar surface area (TPSA) is 75.6 Å². The molecule has 1 rings (SSSR count). The highest BCUT2D eigenvalue weighted by Gasteiger charge is 2.16. The van der Waals surface area contributed by atoms with Gasteiger partial charge in [0.05, 0.1) is 32.1 Å². The average Bonchev–Trinajstić information content (AvgIpc) is 2.39. The van der Waals surface area contributed by atoms with Crippen molar-refractivity contribution in [3.05, 3.63) is 35.9 Å². The number of hydrogen-bond acceptors (Lipinski definition) is 4. The third-order valence-corrected chi connectivity index (χ3v) is 2.73. The van der Waals surface area contributed by atoms with Gasteiger partial charge in [0, 0.05) is 0 Å². The van der Waals surface area contributed by atoms with Gasteiger partial charge >= 0.3 is 5.97 Å². The second-order valence-corrected chi connectivity index (χ2v) is 4.34. The van der Waals surface area contributed by atoms with Crippen molar-refractivity contribution in [2.75, 3.05) is 7.11 Å². The zero-order chi connectivity index (χ0) is 14.3. The van der Waals surface area contributed by atoms with E-state index < -0.39 is 12.1 Å². The molecule has 5 nitrogen and oxygen atoms in total. The Morgan fingerprint density at radius 2 is 1.89 bits per heavy atom. The van der Waals surface area contributed by atoms with Gasteiger partial charge in [0.1, 0.15) is 0 Å². The molecule has 0 aliphatic heterocycles. The monoisotopic (exact) mass is 265 g/mol. The summed E-state index contributed by atoms with van der Waals surface area (Å²) in [6, 6.07) is 9.37. The SMILES string of the molecule is COC(=O)C[C@@H](O)CC(=O)N[C@H](C)c1ccccc1. The van der Waals surface area contributed by atoms with Gasteiger partial charge in [-0.05, 0) is 12.5 Å². The number of rotatable bonds is 6. The normalized spacial score (nSPS) is 13.4. The number of aliphatic hydroxyl groups excluding tert-OH is 1. The highest BCUT2D eigenvalue weighted by molar-refractivity contribution is 5.78. The van der Waals surface area contributed by atoms with Crippen molar-refractivity contribution < 1.29 is 19.4 Å².